The molecule has 19 heavy (non-hydrogen) atoms. The molecule has 3 rings (SSSR count). The van der Waals surface area contributed by atoms with Crippen LogP contribution in [-0.2, 0) is 9.57 Å². The van der Waals surface area contributed by atoms with Crippen LogP contribution in [0.3, 0.4) is 0 Å². The number of carbonyl (C=O) groups excluding carboxylic acids is 2. The molecule has 2 unspecified atom stereocenters. The Bertz CT molecular complexity index is 549. The number of carbonyl (C=O) groups is 2. The lowest BCUT2D eigenvalue weighted by Gasteiger charge is -2.22. The number of esters is 1. The van der Waals surface area contributed by atoms with Gasteiger partial charge in [0.2, 0.25) is 0 Å². The van der Waals surface area contributed by atoms with Gasteiger partial charge >= 0.3 is 5.97 Å². The minimum atomic E-state index is -0.418. The van der Waals surface area contributed by atoms with Crippen LogP contribution < -0.4 is 0 Å². The van der Waals surface area contributed by atoms with Crippen molar-refractivity contribution in [2.45, 2.75) is 18.6 Å². The second-order valence-corrected chi connectivity index (χ2v) is 4.53. The van der Waals surface area contributed by atoms with Crippen LogP contribution in [0.15, 0.2) is 36.4 Å². The summed E-state index contributed by atoms with van der Waals surface area (Å²) >= 11 is 0. The molecule has 1 fully saturated rings. The first-order valence-corrected chi connectivity index (χ1v) is 6.06. The van der Waals surface area contributed by atoms with Gasteiger partial charge < -0.3 is 4.74 Å². The van der Waals surface area contributed by atoms with Crippen LogP contribution in [0.1, 0.15) is 27.1 Å². The molecule has 98 valence electrons. The first-order valence-electron chi connectivity index (χ1n) is 6.06. The number of amides is 1. The number of hydrogen-bond donors (Lipinski definition) is 0. The second kappa shape index (κ2) is 4.51. The third-order valence-corrected chi connectivity index (χ3v) is 3.32. The largest absolute Gasteiger partial charge is 0.465 e. The molecule has 5 nitrogen and oxygen atoms in total. The van der Waals surface area contributed by atoms with Crippen LogP contribution in [0.5, 0.6) is 0 Å². The first kappa shape index (κ1) is 11.9. The molecule has 2 atom stereocenters. The van der Waals surface area contributed by atoms with Gasteiger partial charge in [0.15, 0.2) is 0 Å². The van der Waals surface area contributed by atoms with Gasteiger partial charge in [-0.2, -0.15) is 0 Å². The van der Waals surface area contributed by atoms with Gasteiger partial charge in [-0.05, 0) is 24.3 Å². The summed E-state index contributed by atoms with van der Waals surface area (Å²) in [5.41, 5.74) is 0.913. The number of benzene rings is 1. The van der Waals surface area contributed by atoms with Gasteiger partial charge in [-0.25, -0.2) is 9.86 Å². The van der Waals surface area contributed by atoms with Gasteiger partial charge in [-0.1, -0.05) is 12.2 Å². The van der Waals surface area contributed by atoms with Crippen molar-refractivity contribution in [3.05, 3.63) is 47.5 Å². The van der Waals surface area contributed by atoms with Gasteiger partial charge in [0.1, 0.15) is 6.10 Å². The molecule has 1 aromatic rings. The molecular formula is C14H13NO4. The monoisotopic (exact) mass is 259 g/mol. The van der Waals surface area contributed by atoms with Gasteiger partial charge in [0.25, 0.3) is 5.91 Å². The van der Waals surface area contributed by atoms with E-state index in [1.54, 1.807) is 24.3 Å². The maximum Gasteiger partial charge on any atom is 0.337 e. The number of methoxy groups -OCH3 is 1. The molecule has 2 bridgehead atoms. The Kier molecular flexibility index (Phi) is 2.83. The van der Waals surface area contributed by atoms with Crippen molar-refractivity contribution < 1.29 is 19.2 Å². The Morgan fingerprint density at radius 2 is 1.89 bits per heavy atom. The molecule has 0 spiro atoms. The van der Waals surface area contributed by atoms with E-state index in [2.05, 4.69) is 4.74 Å². The highest BCUT2D eigenvalue weighted by molar-refractivity contribution is 5.96. The summed E-state index contributed by atoms with van der Waals surface area (Å²) < 4.78 is 4.61. The predicted octanol–water partition coefficient (Wildman–Crippen LogP) is 1.56. The van der Waals surface area contributed by atoms with Crippen molar-refractivity contribution >= 4 is 11.9 Å². The molecule has 5 heteroatoms. The fourth-order valence-corrected chi connectivity index (χ4v) is 2.32. The van der Waals surface area contributed by atoms with Gasteiger partial charge in [-0.3, -0.25) is 9.63 Å². The Hall–Kier alpha value is -2.14. The lowest BCUT2D eigenvalue weighted by molar-refractivity contribution is -0.114. The van der Waals surface area contributed by atoms with E-state index < -0.39 is 5.97 Å². The van der Waals surface area contributed by atoms with E-state index in [1.807, 2.05) is 12.2 Å². The SMILES string of the molecule is COC(=O)c1ccc(C(=O)N2OC3C=CC2C3)cc1. The van der Waals surface area contributed by atoms with E-state index in [0.29, 0.717) is 11.1 Å². The van der Waals surface area contributed by atoms with Crippen molar-refractivity contribution in [1.29, 1.82) is 0 Å². The smallest absolute Gasteiger partial charge is 0.337 e. The van der Waals surface area contributed by atoms with E-state index in [4.69, 9.17) is 4.84 Å². The number of hydroxylamine groups is 2. The van der Waals surface area contributed by atoms with Crippen LogP contribution in [0.4, 0.5) is 0 Å². The molecule has 1 aliphatic heterocycles. The maximum atomic E-state index is 12.2. The van der Waals surface area contributed by atoms with Crippen molar-refractivity contribution in [3.63, 3.8) is 0 Å². The molecule has 0 aromatic heterocycles. The van der Waals surface area contributed by atoms with Crippen molar-refractivity contribution in [2.75, 3.05) is 7.11 Å². The fraction of sp³-hybridized carbons (Fsp3) is 0.286. The van der Waals surface area contributed by atoms with Gasteiger partial charge in [0.05, 0.1) is 18.7 Å². The van der Waals surface area contributed by atoms with Crippen LogP contribution >= 0.6 is 0 Å². The molecular weight excluding hydrogens is 246 g/mol. The normalized spacial score (nSPS) is 23.7. The zero-order chi connectivity index (χ0) is 13.4. The summed E-state index contributed by atoms with van der Waals surface area (Å²) in [5.74, 6) is -0.605. The number of fused-ring (bicyclic) bond motifs is 2. The molecule has 0 radical (unpaired) electrons. The minimum Gasteiger partial charge on any atom is -0.465 e. The molecule has 0 saturated carbocycles. The number of hydrogen-bond acceptors (Lipinski definition) is 4. The summed E-state index contributed by atoms with van der Waals surface area (Å²) in [5, 5.41) is 1.40. The van der Waals surface area contributed by atoms with Gasteiger partial charge in [-0.15, -0.1) is 0 Å². The third-order valence-electron chi connectivity index (χ3n) is 3.32. The number of rotatable bonds is 2. The zero-order valence-corrected chi connectivity index (χ0v) is 10.4. The van der Waals surface area contributed by atoms with Crippen LogP contribution in [0.25, 0.3) is 0 Å². The highest BCUT2D eigenvalue weighted by atomic mass is 16.7. The third kappa shape index (κ3) is 2.02. The Morgan fingerprint density at radius 1 is 1.21 bits per heavy atom. The highest BCUT2D eigenvalue weighted by Crippen LogP contribution is 2.30. The van der Waals surface area contributed by atoms with Crippen LogP contribution in [0.2, 0.25) is 0 Å². The quantitative estimate of drug-likeness (QED) is 0.597. The number of ether oxygens (including phenoxy) is 1. The first-order chi connectivity index (χ1) is 9.19. The summed E-state index contributed by atoms with van der Waals surface area (Å²) in [4.78, 5) is 29.0. The predicted molar refractivity (Wildman–Crippen MR) is 66.4 cm³/mol. The maximum absolute atomic E-state index is 12.2. The number of nitrogens with zero attached hydrogens (tertiary/aromatic N) is 1. The zero-order valence-electron chi connectivity index (χ0n) is 10.4. The fourth-order valence-electron chi connectivity index (χ4n) is 2.32. The van der Waals surface area contributed by atoms with Crippen molar-refractivity contribution in [3.8, 4) is 0 Å². The lowest BCUT2D eigenvalue weighted by atomic mass is 10.1. The summed E-state index contributed by atoms with van der Waals surface area (Å²) in [6, 6.07) is 6.38. The van der Waals surface area contributed by atoms with Gasteiger partial charge in [0, 0.05) is 12.0 Å². The average Bonchev–Trinajstić information content (AvgIpc) is 3.08. The van der Waals surface area contributed by atoms with Crippen LogP contribution in [-0.4, -0.2) is 36.2 Å². The summed E-state index contributed by atoms with van der Waals surface area (Å²) in [6.07, 6.45) is 4.79. The topological polar surface area (TPSA) is 55.8 Å². The molecule has 1 aromatic carbocycles. The van der Waals surface area contributed by atoms with E-state index in [1.165, 1.54) is 12.2 Å². The molecule has 1 amide bonds. The van der Waals surface area contributed by atoms with E-state index in [9.17, 15) is 9.59 Å². The van der Waals surface area contributed by atoms with Crippen molar-refractivity contribution in [2.24, 2.45) is 0 Å². The van der Waals surface area contributed by atoms with E-state index >= 15 is 0 Å². The Labute approximate surface area is 110 Å². The summed E-state index contributed by atoms with van der Waals surface area (Å²) in [7, 11) is 1.32. The Morgan fingerprint density at radius 3 is 2.42 bits per heavy atom. The molecule has 1 aliphatic carbocycles. The molecule has 0 N–H and O–H groups in total. The lowest BCUT2D eigenvalue weighted by Crippen LogP contribution is -2.34. The van der Waals surface area contributed by atoms with Crippen LogP contribution in [0, 0.1) is 0 Å². The van der Waals surface area contributed by atoms with E-state index in [0.717, 1.165) is 6.42 Å². The second-order valence-electron chi connectivity index (χ2n) is 4.53. The molecule has 2 aliphatic rings. The Balaban J connectivity index is 1.77. The van der Waals surface area contributed by atoms with E-state index in [-0.39, 0.29) is 18.1 Å². The summed E-state index contributed by atoms with van der Waals surface area (Å²) in [6.45, 7) is 0. The molecule has 1 heterocycles. The minimum absolute atomic E-state index is 0.0169. The van der Waals surface area contributed by atoms with Crippen molar-refractivity contribution in [1.82, 2.24) is 5.06 Å². The average molecular weight is 259 g/mol. The standard InChI is InChI=1S/C14H13NO4/c1-18-14(17)10-4-2-9(3-5-10)13(16)15-11-6-7-12(8-11)19-15/h2-7,11-12H,8H2,1H3. The molecule has 1 saturated heterocycles. The highest BCUT2D eigenvalue weighted by Gasteiger charge is 2.38.